The highest BCUT2D eigenvalue weighted by molar-refractivity contribution is 6.30. The van der Waals surface area contributed by atoms with Crippen LogP contribution in [0.3, 0.4) is 0 Å². The Morgan fingerprint density at radius 2 is 1.78 bits per heavy atom. The number of likely N-dealkylation sites (tertiary alicyclic amines) is 1. The third-order valence-corrected chi connectivity index (χ3v) is 4.94. The van der Waals surface area contributed by atoms with Gasteiger partial charge in [-0.1, -0.05) is 42.8 Å². The minimum absolute atomic E-state index is 0.219. The summed E-state index contributed by atoms with van der Waals surface area (Å²) in [6.45, 7) is 4.03. The molecule has 6 heteroatoms. The number of urea groups is 1. The van der Waals surface area contributed by atoms with Crippen LogP contribution in [0.15, 0.2) is 48.5 Å². The van der Waals surface area contributed by atoms with Crippen LogP contribution in [0.4, 0.5) is 10.5 Å². The number of hydrogen-bond acceptors (Lipinski definition) is 2. The van der Waals surface area contributed by atoms with Gasteiger partial charge in [-0.05, 0) is 47.7 Å². The van der Waals surface area contributed by atoms with E-state index in [1.165, 1.54) is 0 Å². The summed E-state index contributed by atoms with van der Waals surface area (Å²) in [5.74, 6) is 0.768. The standard InChI is InChI=1S/C21H24ClN3O2/c1-15-2-11-20(26)25(13-15)14-17-5-9-19(10-6-17)24-21(27)23-12-16-3-7-18(22)8-4-16/h3-10,15H,2,11-14H2,1H3,(H2,23,24,27)/t15-/m0/s1. The van der Waals surface area contributed by atoms with Crippen molar-refractivity contribution in [1.82, 2.24) is 10.2 Å². The van der Waals surface area contributed by atoms with Crippen LogP contribution < -0.4 is 10.6 Å². The van der Waals surface area contributed by atoms with Gasteiger partial charge in [0.1, 0.15) is 0 Å². The van der Waals surface area contributed by atoms with Crippen molar-refractivity contribution in [1.29, 1.82) is 0 Å². The lowest BCUT2D eigenvalue weighted by Gasteiger charge is -2.31. The Bertz CT molecular complexity index is 790. The second-order valence-corrected chi connectivity index (χ2v) is 7.49. The predicted molar refractivity (Wildman–Crippen MR) is 108 cm³/mol. The number of carbonyl (C=O) groups is 2. The fourth-order valence-electron chi connectivity index (χ4n) is 3.12. The van der Waals surface area contributed by atoms with Crippen molar-refractivity contribution in [3.8, 4) is 0 Å². The van der Waals surface area contributed by atoms with Crippen LogP contribution in [-0.4, -0.2) is 23.4 Å². The van der Waals surface area contributed by atoms with Crippen molar-refractivity contribution in [2.75, 3.05) is 11.9 Å². The minimum Gasteiger partial charge on any atom is -0.338 e. The van der Waals surface area contributed by atoms with Gasteiger partial charge in [0, 0.05) is 36.8 Å². The van der Waals surface area contributed by atoms with Crippen molar-refractivity contribution < 1.29 is 9.59 Å². The van der Waals surface area contributed by atoms with Gasteiger partial charge in [-0.15, -0.1) is 0 Å². The van der Waals surface area contributed by atoms with Crippen LogP contribution in [0.2, 0.25) is 5.02 Å². The van der Waals surface area contributed by atoms with Crippen LogP contribution >= 0.6 is 11.6 Å². The molecule has 1 atom stereocenters. The number of piperidine rings is 1. The molecule has 27 heavy (non-hydrogen) atoms. The molecule has 1 aliphatic heterocycles. The second kappa shape index (κ2) is 8.91. The lowest BCUT2D eigenvalue weighted by molar-refractivity contribution is -0.135. The highest BCUT2D eigenvalue weighted by atomic mass is 35.5. The van der Waals surface area contributed by atoms with Gasteiger partial charge in [0.2, 0.25) is 5.91 Å². The summed E-state index contributed by atoms with van der Waals surface area (Å²) in [5.41, 5.74) is 2.75. The number of hydrogen-bond donors (Lipinski definition) is 2. The van der Waals surface area contributed by atoms with E-state index in [4.69, 9.17) is 11.6 Å². The van der Waals surface area contributed by atoms with Gasteiger partial charge in [-0.3, -0.25) is 4.79 Å². The van der Waals surface area contributed by atoms with Crippen molar-refractivity contribution in [2.24, 2.45) is 5.92 Å². The van der Waals surface area contributed by atoms with Gasteiger partial charge in [0.05, 0.1) is 0 Å². The molecule has 2 aromatic rings. The number of anilines is 1. The number of benzene rings is 2. The average molecular weight is 386 g/mol. The fourth-order valence-corrected chi connectivity index (χ4v) is 3.25. The van der Waals surface area contributed by atoms with Crippen LogP contribution in [0, 0.1) is 5.92 Å². The van der Waals surface area contributed by atoms with E-state index in [9.17, 15) is 9.59 Å². The van der Waals surface area contributed by atoms with Gasteiger partial charge in [0.25, 0.3) is 0 Å². The molecule has 5 nitrogen and oxygen atoms in total. The van der Waals surface area contributed by atoms with Gasteiger partial charge < -0.3 is 15.5 Å². The molecule has 2 aromatic carbocycles. The Kier molecular flexibility index (Phi) is 6.35. The van der Waals surface area contributed by atoms with Crippen LogP contribution in [-0.2, 0) is 17.9 Å². The van der Waals surface area contributed by atoms with Crippen molar-refractivity contribution in [3.63, 3.8) is 0 Å². The van der Waals surface area contributed by atoms with Crippen molar-refractivity contribution in [2.45, 2.75) is 32.9 Å². The molecule has 3 amide bonds. The van der Waals surface area contributed by atoms with E-state index in [2.05, 4.69) is 17.6 Å². The quantitative estimate of drug-likeness (QED) is 0.800. The van der Waals surface area contributed by atoms with E-state index in [0.29, 0.717) is 36.1 Å². The second-order valence-electron chi connectivity index (χ2n) is 7.05. The maximum Gasteiger partial charge on any atom is 0.319 e. The number of rotatable bonds is 5. The molecule has 1 heterocycles. The van der Waals surface area contributed by atoms with E-state index in [-0.39, 0.29) is 11.9 Å². The summed E-state index contributed by atoms with van der Waals surface area (Å²) >= 11 is 5.85. The normalized spacial score (nSPS) is 16.9. The number of amides is 3. The topological polar surface area (TPSA) is 61.4 Å². The summed E-state index contributed by atoms with van der Waals surface area (Å²) in [6.07, 6.45) is 1.61. The Hall–Kier alpha value is -2.53. The fraction of sp³-hybridized carbons (Fsp3) is 0.333. The van der Waals surface area contributed by atoms with Gasteiger partial charge in [-0.2, -0.15) is 0 Å². The molecule has 0 unspecified atom stereocenters. The first-order valence-corrected chi connectivity index (χ1v) is 9.53. The van der Waals surface area contributed by atoms with E-state index >= 15 is 0 Å². The lowest BCUT2D eigenvalue weighted by atomic mass is 9.99. The molecule has 142 valence electrons. The summed E-state index contributed by atoms with van der Waals surface area (Å²) in [4.78, 5) is 26.0. The SMILES string of the molecule is C[C@H]1CCC(=O)N(Cc2ccc(NC(=O)NCc3ccc(Cl)cc3)cc2)C1. The van der Waals surface area contributed by atoms with Crippen LogP contribution in [0.5, 0.6) is 0 Å². The monoisotopic (exact) mass is 385 g/mol. The molecule has 0 bridgehead atoms. The molecule has 1 aliphatic rings. The van der Waals surface area contributed by atoms with E-state index in [0.717, 1.165) is 24.1 Å². The molecule has 2 N–H and O–H groups in total. The molecule has 0 saturated carbocycles. The molecule has 0 radical (unpaired) electrons. The first kappa shape index (κ1) is 19.2. The highest BCUT2D eigenvalue weighted by Gasteiger charge is 2.22. The molecule has 1 fully saturated rings. The van der Waals surface area contributed by atoms with Crippen LogP contribution in [0.25, 0.3) is 0 Å². The van der Waals surface area contributed by atoms with Crippen molar-refractivity contribution in [3.05, 3.63) is 64.7 Å². The number of nitrogens with zero attached hydrogens (tertiary/aromatic N) is 1. The molecule has 0 spiro atoms. The summed E-state index contributed by atoms with van der Waals surface area (Å²) < 4.78 is 0. The van der Waals surface area contributed by atoms with E-state index < -0.39 is 0 Å². The zero-order chi connectivity index (χ0) is 19.2. The van der Waals surface area contributed by atoms with E-state index in [1.54, 1.807) is 12.1 Å². The van der Waals surface area contributed by atoms with Gasteiger partial charge in [-0.25, -0.2) is 4.79 Å². The van der Waals surface area contributed by atoms with Gasteiger partial charge >= 0.3 is 6.03 Å². The molecular formula is C21H24ClN3O2. The Morgan fingerprint density at radius 1 is 1.11 bits per heavy atom. The van der Waals surface area contributed by atoms with E-state index in [1.807, 2.05) is 41.3 Å². The maximum absolute atomic E-state index is 12.0. The molecular weight excluding hydrogens is 362 g/mol. The molecule has 1 saturated heterocycles. The summed E-state index contributed by atoms with van der Waals surface area (Å²) in [7, 11) is 0. The third kappa shape index (κ3) is 5.73. The predicted octanol–water partition coefficient (Wildman–Crippen LogP) is 4.42. The zero-order valence-corrected chi connectivity index (χ0v) is 16.1. The first-order valence-electron chi connectivity index (χ1n) is 9.15. The average Bonchev–Trinajstić information content (AvgIpc) is 2.66. The zero-order valence-electron chi connectivity index (χ0n) is 15.4. The minimum atomic E-state index is -0.266. The Labute approximate surface area is 164 Å². The van der Waals surface area contributed by atoms with Gasteiger partial charge in [0.15, 0.2) is 0 Å². The lowest BCUT2D eigenvalue weighted by Crippen LogP contribution is -2.38. The maximum atomic E-state index is 12.0. The number of nitrogens with one attached hydrogen (secondary N) is 2. The first-order chi connectivity index (χ1) is 13.0. The number of carbonyl (C=O) groups excluding carboxylic acids is 2. The smallest absolute Gasteiger partial charge is 0.319 e. The Morgan fingerprint density at radius 3 is 2.48 bits per heavy atom. The molecule has 3 rings (SSSR count). The Balaban J connectivity index is 1.48. The molecule has 0 aromatic heterocycles. The number of halogens is 1. The van der Waals surface area contributed by atoms with Crippen molar-refractivity contribution >= 4 is 29.2 Å². The largest absolute Gasteiger partial charge is 0.338 e. The highest BCUT2D eigenvalue weighted by Crippen LogP contribution is 2.20. The summed E-state index contributed by atoms with van der Waals surface area (Å²) in [6, 6.07) is 14.7. The van der Waals surface area contributed by atoms with Crippen LogP contribution in [0.1, 0.15) is 30.9 Å². The third-order valence-electron chi connectivity index (χ3n) is 4.69. The molecule has 0 aliphatic carbocycles. The summed E-state index contributed by atoms with van der Waals surface area (Å²) in [5, 5.41) is 6.30.